The number of anilines is 2. The van der Waals surface area contributed by atoms with Gasteiger partial charge in [-0.1, -0.05) is 39.0 Å². The number of allylic oxidation sites excluding steroid dienone is 2. The number of benzene rings is 1. The average Bonchev–Trinajstić information content (AvgIpc) is 2.86. The molecule has 0 aliphatic carbocycles. The van der Waals surface area contributed by atoms with Crippen LogP contribution in [0.25, 0.3) is 0 Å². The molecule has 0 amide bonds. The van der Waals surface area contributed by atoms with Crippen LogP contribution < -0.4 is 21.3 Å². The van der Waals surface area contributed by atoms with E-state index in [4.69, 9.17) is 4.99 Å². The van der Waals surface area contributed by atoms with Crippen molar-refractivity contribution in [1.82, 2.24) is 15.5 Å². The van der Waals surface area contributed by atoms with Gasteiger partial charge in [0.2, 0.25) is 5.96 Å². The molecule has 1 aromatic carbocycles. The molecule has 7 nitrogen and oxygen atoms in total. The molecule has 0 radical (unpaired) electrons. The zero-order valence-electron chi connectivity index (χ0n) is 22.9. The van der Waals surface area contributed by atoms with Crippen LogP contribution in [-0.4, -0.2) is 49.9 Å². The first-order chi connectivity index (χ1) is 16.9. The van der Waals surface area contributed by atoms with Gasteiger partial charge in [-0.3, -0.25) is 0 Å². The van der Waals surface area contributed by atoms with E-state index in [2.05, 4.69) is 76.7 Å². The molecule has 0 saturated carbocycles. The third kappa shape index (κ3) is 11.3. The summed E-state index contributed by atoms with van der Waals surface area (Å²) in [5.41, 5.74) is 4.98. The highest BCUT2D eigenvalue weighted by Crippen LogP contribution is 2.18. The van der Waals surface area contributed by atoms with E-state index in [9.17, 15) is 0 Å². The molecular weight excluding hydrogens is 434 g/mol. The molecule has 0 unspecified atom stereocenters. The van der Waals surface area contributed by atoms with Crippen LogP contribution in [0.2, 0.25) is 0 Å². The van der Waals surface area contributed by atoms with Crippen LogP contribution >= 0.6 is 0 Å². The Balaban J connectivity index is 3.08. The smallest absolute Gasteiger partial charge is 0.228 e. The van der Waals surface area contributed by atoms with E-state index in [0.717, 1.165) is 67.2 Å². The van der Waals surface area contributed by atoms with E-state index >= 15 is 0 Å². The van der Waals surface area contributed by atoms with Crippen molar-refractivity contribution >= 4 is 23.7 Å². The summed E-state index contributed by atoms with van der Waals surface area (Å²) in [6.07, 6.45) is 8.88. The highest BCUT2D eigenvalue weighted by molar-refractivity contribution is 5.98. The predicted molar refractivity (Wildman–Crippen MR) is 155 cm³/mol. The topological polar surface area (TPSA) is 76.1 Å². The molecule has 0 atom stereocenters. The average molecular weight is 482 g/mol. The highest BCUT2D eigenvalue weighted by Gasteiger charge is 2.18. The Morgan fingerprint density at radius 3 is 2.23 bits per heavy atom. The summed E-state index contributed by atoms with van der Waals surface area (Å²) in [6.45, 7) is 19.7. The molecule has 7 heteroatoms. The lowest BCUT2D eigenvalue weighted by molar-refractivity contribution is 0.363. The molecule has 35 heavy (non-hydrogen) atoms. The number of aliphatic imine (C=N–C) groups is 2. The Labute approximate surface area is 213 Å². The molecule has 0 spiro atoms. The minimum atomic E-state index is 0.303. The zero-order valence-corrected chi connectivity index (χ0v) is 22.9. The maximum atomic E-state index is 4.76. The largest absolute Gasteiger partial charge is 0.387 e. The fraction of sp³-hybridized carbons (Fsp3) is 0.500. The van der Waals surface area contributed by atoms with Gasteiger partial charge in [-0.05, 0) is 70.8 Å². The number of nitrogens with zero attached hydrogens (tertiary/aromatic N) is 3. The van der Waals surface area contributed by atoms with Crippen LogP contribution in [0.3, 0.4) is 0 Å². The summed E-state index contributed by atoms with van der Waals surface area (Å²) in [5, 5.41) is 13.4. The first kappa shape index (κ1) is 30.0. The van der Waals surface area contributed by atoms with Crippen molar-refractivity contribution in [2.24, 2.45) is 9.98 Å². The van der Waals surface area contributed by atoms with Crippen LogP contribution in [0.5, 0.6) is 0 Å². The minimum Gasteiger partial charge on any atom is -0.387 e. The monoisotopic (exact) mass is 481 g/mol. The minimum absolute atomic E-state index is 0.303. The van der Waals surface area contributed by atoms with Gasteiger partial charge in [0.15, 0.2) is 0 Å². The van der Waals surface area contributed by atoms with E-state index < -0.39 is 0 Å². The molecule has 0 saturated heterocycles. The Kier molecular flexibility index (Phi) is 14.9. The van der Waals surface area contributed by atoms with Gasteiger partial charge in [-0.25, -0.2) is 9.98 Å². The van der Waals surface area contributed by atoms with E-state index in [1.54, 1.807) is 0 Å². The Morgan fingerprint density at radius 1 is 1.03 bits per heavy atom. The third-order valence-electron chi connectivity index (χ3n) is 5.45. The Hall–Kier alpha value is -3.06. The molecule has 0 aliphatic rings. The van der Waals surface area contributed by atoms with Crippen molar-refractivity contribution in [3.63, 3.8) is 0 Å². The SMILES string of the molecule is C=C(NC)/C(=C/C)N(C=NC(=NC=C(C)C)Nc1ccc(NCCNCCC)cc1)C(CC)CC. The van der Waals surface area contributed by atoms with Gasteiger partial charge in [-0.2, -0.15) is 0 Å². The van der Waals surface area contributed by atoms with Gasteiger partial charge < -0.3 is 26.2 Å². The van der Waals surface area contributed by atoms with Gasteiger partial charge in [0, 0.05) is 43.8 Å². The van der Waals surface area contributed by atoms with Gasteiger partial charge in [-0.15, -0.1) is 0 Å². The second kappa shape index (κ2) is 17.4. The van der Waals surface area contributed by atoms with Crippen LogP contribution in [-0.2, 0) is 0 Å². The highest BCUT2D eigenvalue weighted by atomic mass is 15.2. The Morgan fingerprint density at radius 2 is 1.69 bits per heavy atom. The molecule has 0 bridgehead atoms. The second-order valence-electron chi connectivity index (χ2n) is 8.56. The lowest BCUT2D eigenvalue weighted by Gasteiger charge is -2.31. The quantitative estimate of drug-likeness (QED) is 0.108. The van der Waals surface area contributed by atoms with Crippen molar-refractivity contribution in [1.29, 1.82) is 0 Å². The normalized spacial score (nSPS) is 12.1. The van der Waals surface area contributed by atoms with Gasteiger partial charge in [0.25, 0.3) is 0 Å². The van der Waals surface area contributed by atoms with Gasteiger partial charge >= 0.3 is 0 Å². The number of hydrogen-bond acceptors (Lipinski definition) is 4. The number of nitrogens with one attached hydrogen (secondary N) is 4. The van der Waals surface area contributed by atoms with Gasteiger partial charge in [0.1, 0.15) is 0 Å². The molecular formula is C28H47N7. The standard InChI is InChI=1S/C28H47N7/c1-9-17-30-18-19-31-24-13-15-25(16-14-24)34-28(32-20-22(5)6)33-21-35(26(10-2)11-3)27(12-4)23(7)29-8/h12-16,20-21,26,29-31H,7,9-11,17-19H2,1-6,8H3,(H,32,34)/b27-12-,33-21?. The van der Waals surface area contributed by atoms with E-state index in [1.807, 2.05) is 52.5 Å². The van der Waals surface area contributed by atoms with E-state index in [0.29, 0.717) is 12.0 Å². The fourth-order valence-corrected chi connectivity index (χ4v) is 3.44. The first-order valence-corrected chi connectivity index (χ1v) is 12.8. The summed E-state index contributed by atoms with van der Waals surface area (Å²) in [7, 11) is 1.89. The van der Waals surface area contributed by atoms with E-state index in [1.165, 1.54) is 0 Å². The number of hydrogen-bond donors (Lipinski definition) is 4. The fourth-order valence-electron chi connectivity index (χ4n) is 3.44. The Bertz CT molecular complexity index is 858. The van der Waals surface area contributed by atoms with Crippen molar-refractivity contribution in [3.05, 3.63) is 60.1 Å². The molecule has 0 aromatic heterocycles. The molecule has 1 aromatic rings. The molecule has 4 N–H and O–H groups in total. The van der Waals surface area contributed by atoms with Crippen LogP contribution in [0.4, 0.5) is 11.4 Å². The molecule has 0 aliphatic heterocycles. The summed E-state index contributed by atoms with van der Waals surface area (Å²) < 4.78 is 0. The number of likely N-dealkylation sites (N-methyl/N-ethyl adjacent to an activating group) is 1. The lowest BCUT2D eigenvalue weighted by atomic mass is 10.1. The number of rotatable bonds is 15. The van der Waals surface area contributed by atoms with Crippen molar-refractivity contribution in [2.75, 3.05) is 37.3 Å². The molecule has 0 heterocycles. The summed E-state index contributed by atoms with van der Waals surface area (Å²) in [4.78, 5) is 11.5. The van der Waals surface area contributed by atoms with Crippen molar-refractivity contribution in [2.45, 2.75) is 66.8 Å². The van der Waals surface area contributed by atoms with E-state index in [-0.39, 0.29) is 0 Å². The summed E-state index contributed by atoms with van der Waals surface area (Å²) in [5.74, 6) is 0.525. The lowest BCUT2D eigenvalue weighted by Crippen LogP contribution is -2.35. The maximum Gasteiger partial charge on any atom is 0.228 e. The van der Waals surface area contributed by atoms with Crippen LogP contribution in [0.1, 0.15) is 60.8 Å². The third-order valence-corrected chi connectivity index (χ3v) is 5.45. The summed E-state index contributed by atoms with van der Waals surface area (Å²) in [6, 6.07) is 8.51. The van der Waals surface area contributed by atoms with Crippen LogP contribution in [0.15, 0.2) is 70.1 Å². The summed E-state index contributed by atoms with van der Waals surface area (Å²) >= 11 is 0. The maximum absolute atomic E-state index is 4.76. The van der Waals surface area contributed by atoms with Crippen molar-refractivity contribution < 1.29 is 0 Å². The second-order valence-corrected chi connectivity index (χ2v) is 8.56. The predicted octanol–water partition coefficient (Wildman–Crippen LogP) is 5.95. The molecule has 1 rings (SSSR count). The van der Waals surface area contributed by atoms with Crippen LogP contribution in [0, 0.1) is 0 Å². The molecule has 0 fully saturated rings. The van der Waals surface area contributed by atoms with Gasteiger partial charge in [0.05, 0.1) is 17.7 Å². The molecule has 194 valence electrons. The number of guanidine groups is 1. The first-order valence-electron chi connectivity index (χ1n) is 12.8. The van der Waals surface area contributed by atoms with Crippen molar-refractivity contribution in [3.8, 4) is 0 Å². The zero-order chi connectivity index (χ0) is 26.1.